The summed E-state index contributed by atoms with van der Waals surface area (Å²) in [7, 11) is 0.238. The summed E-state index contributed by atoms with van der Waals surface area (Å²) in [6.07, 6.45) is 6.37. The number of hydrogen-bond donors (Lipinski definition) is 0. The molecule has 44 valence electrons. The summed E-state index contributed by atoms with van der Waals surface area (Å²) < 4.78 is 0. The first-order chi connectivity index (χ1) is 3.83. The largest absolute Gasteiger partial charge is 0.120 e. The summed E-state index contributed by atoms with van der Waals surface area (Å²) in [4.78, 5) is 0. The molecule has 0 spiro atoms. The first-order valence-electron chi connectivity index (χ1n) is 2.64. The van der Waals surface area contributed by atoms with Crippen LogP contribution in [0, 0.1) is 18.3 Å². The Morgan fingerprint density at radius 1 is 1.75 bits per heavy atom. The van der Waals surface area contributed by atoms with Crippen LogP contribution in [0.15, 0.2) is 0 Å². The molecule has 0 saturated carbocycles. The molecule has 2 atom stereocenters. The average molecular weight is 144 g/mol. The normalized spacial score (nSPS) is 36.9. The minimum Gasteiger partial charge on any atom is -0.120 e. The summed E-state index contributed by atoms with van der Waals surface area (Å²) in [5.41, 5.74) is 0. The van der Waals surface area contributed by atoms with Crippen molar-refractivity contribution in [2.75, 3.05) is 11.5 Å². The molecule has 0 nitrogen and oxygen atoms in total. The van der Waals surface area contributed by atoms with Crippen LogP contribution in [0.2, 0.25) is 0 Å². The quantitative estimate of drug-likeness (QED) is 0.451. The van der Waals surface area contributed by atoms with Gasteiger partial charge in [0.1, 0.15) is 0 Å². The molecular formula is C6H8S2. The maximum absolute atomic E-state index is 5.20. The topological polar surface area (TPSA) is 0 Å². The third kappa shape index (κ3) is 1.30. The van der Waals surface area contributed by atoms with Crippen molar-refractivity contribution in [3.8, 4) is 12.3 Å². The molecule has 8 heavy (non-hydrogen) atoms. The predicted molar refractivity (Wildman–Crippen MR) is 41.4 cm³/mol. The van der Waals surface area contributed by atoms with Crippen molar-refractivity contribution in [3.63, 3.8) is 0 Å². The standard InChI is InChI=1S/C6H8S2/c1-2-6-3-4-8(7)5-6/h1,6H,3-5H2. The molecule has 0 aromatic heterocycles. The van der Waals surface area contributed by atoms with Crippen molar-refractivity contribution >= 4 is 20.6 Å². The van der Waals surface area contributed by atoms with Gasteiger partial charge in [0.05, 0.1) is 0 Å². The molecule has 0 bridgehead atoms. The highest BCUT2D eigenvalue weighted by Crippen LogP contribution is 2.13. The van der Waals surface area contributed by atoms with E-state index in [1.807, 2.05) is 0 Å². The molecule has 2 heteroatoms. The fourth-order valence-corrected chi connectivity index (χ4v) is 3.00. The Morgan fingerprint density at radius 2 is 2.50 bits per heavy atom. The van der Waals surface area contributed by atoms with Crippen LogP contribution in [-0.2, 0) is 20.6 Å². The Balaban J connectivity index is 2.47. The first kappa shape index (κ1) is 6.25. The molecule has 2 unspecified atom stereocenters. The predicted octanol–water partition coefficient (Wildman–Crippen LogP) is 0.720. The fourth-order valence-electron chi connectivity index (χ4n) is 0.796. The van der Waals surface area contributed by atoms with E-state index < -0.39 is 0 Å². The number of terminal acetylenes is 1. The lowest BCUT2D eigenvalue weighted by Gasteiger charge is -1.91. The third-order valence-electron chi connectivity index (χ3n) is 1.32. The van der Waals surface area contributed by atoms with E-state index in [0.717, 1.165) is 5.75 Å². The Bertz CT molecular complexity index is 143. The fraction of sp³-hybridized carbons (Fsp3) is 0.667. The van der Waals surface area contributed by atoms with Crippen LogP contribution in [0.1, 0.15) is 6.42 Å². The highest BCUT2D eigenvalue weighted by molar-refractivity contribution is 8.29. The Morgan fingerprint density at radius 3 is 2.75 bits per heavy atom. The molecule has 0 N–H and O–H groups in total. The van der Waals surface area contributed by atoms with Gasteiger partial charge >= 0.3 is 0 Å². The van der Waals surface area contributed by atoms with E-state index in [9.17, 15) is 0 Å². The maximum Gasteiger partial charge on any atom is 0.0301 e. The van der Waals surface area contributed by atoms with Gasteiger partial charge in [-0.15, -0.1) is 21.8 Å². The van der Waals surface area contributed by atoms with Gasteiger partial charge in [0.2, 0.25) is 0 Å². The summed E-state index contributed by atoms with van der Waals surface area (Å²) in [5, 5.41) is 0. The van der Waals surface area contributed by atoms with E-state index in [-0.39, 0.29) is 9.45 Å². The van der Waals surface area contributed by atoms with Gasteiger partial charge < -0.3 is 0 Å². The minimum absolute atomic E-state index is 0.238. The van der Waals surface area contributed by atoms with Crippen molar-refractivity contribution in [2.45, 2.75) is 6.42 Å². The lowest BCUT2D eigenvalue weighted by molar-refractivity contribution is 0.776. The molecule has 1 saturated heterocycles. The third-order valence-corrected chi connectivity index (χ3v) is 3.69. The molecule has 1 heterocycles. The van der Waals surface area contributed by atoms with Crippen LogP contribution >= 0.6 is 0 Å². The zero-order valence-corrected chi connectivity index (χ0v) is 6.23. The van der Waals surface area contributed by atoms with Crippen molar-refractivity contribution in [3.05, 3.63) is 0 Å². The van der Waals surface area contributed by atoms with Gasteiger partial charge in [-0.05, 0) is 12.2 Å². The molecule has 0 aromatic rings. The van der Waals surface area contributed by atoms with Gasteiger partial charge in [0.15, 0.2) is 0 Å². The van der Waals surface area contributed by atoms with Crippen LogP contribution in [0.4, 0.5) is 0 Å². The average Bonchev–Trinajstić information content (AvgIpc) is 2.14. The summed E-state index contributed by atoms with van der Waals surface area (Å²) in [5.74, 6) is 5.53. The molecule has 1 fully saturated rings. The van der Waals surface area contributed by atoms with Crippen molar-refractivity contribution in [1.82, 2.24) is 0 Å². The smallest absolute Gasteiger partial charge is 0.0301 e. The zero-order chi connectivity index (χ0) is 5.98. The highest BCUT2D eigenvalue weighted by Gasteiger charge is 2.14. The SMILES string of the molecule is C#CC1CCS(=S)C1. The van der Waals surface area contributed by atoms with E-state index in [1.54, 1.807) is 0 Å². The second-order valence-corrected chi connectivity index (χ2v) is 5.00. The van der Waals surface area contributed by atoms with Crippen LogP contribution < -0.4 is 0 Å². The Kier molecular flexibility index (Phi) is 2.04. The highest BCUT2D eigenvalue weighted by atomic mass is 32.8. The monoisotopic (exact) mass is 144 g/mol. The van der Waals surface area contributed by atoms with Gasteiger partial charge in [0, 0.05) is 11.7 Å². The van der Waals surface area contributed by atoms with Crippen LogP contribution in [0.5, 0.6) is 0 Å². The van der Waals surface area contributed by atoms with Crippen LogP contribution in [0.3, 0.4) is 0 Å². The Hall–Kier alpha value is 0.130. The molecule has 1 aliphatic heterocycles. The van der Waals surface area contributed by atoms with Crippen molar-refractivity contribution < 1.29 is 0 Å². The van der Waals surface area contributed by atoms with Gasteiger partial charge in [0.25, 0.3) is 0 Å². The second kappa shape index (κ2) is 2.61. The number of rotatable bonds is 0. The van der Waals surface area contributed by atoms with E-state index >= 15 is 0 Å². The molecule has 0 aromatic carbocycles. The molecular weight excluding hydrogens is 136 g/mol. The van der Waals surface area contributed by atoms with E-state index in [0.29, 0.717) is 5.92 Å². The van der Waals surface area contributed by atoms with Crippen LogP contribution in [0.25, 0.3) is 0 Å². The molecule has 1 aliphatic rings. The molecule has 0 amide bonds. The van der Waals surface area contributed by atoms with Crippen LogP contribution in [-0.4, -0.2) is 11.5 Å². The lowest BCUT2D eigenvalue weighted by Crippen LogP contribution is -1.93. The van der Waals surface area contributed by atoms with Gasteiger partial charge in [-0.2, -0.15) is 0 Å². The zero-order valence-electron chi connectivity index (χ0n) is 4.59. The Labute approximate surface area is 57.3 Å². The van der Waals surface area contributed by atoms with Gasteiger partial charge in [-0.1, -0.05) is 11.2 Å². The maximum atomic E-state index is 5.20. The van der Waals surface area contributed by atoms with Crippen molar-refractivity contribution in [1.29, 1.82) is 0 Å². The van der Waals surface area contributed by atoms with E-state index in [4.69, 9.17) is 17.6 Å². The van der Waals surface area contributed by atoms with Crippen molar-refractivity contribution in [2.24, 2.45) is 5.92 Å². The first-order valence-corrected chi connectivity index (χ1v) is 5.13. The lowest BCUT2D eigenvalue weighted by atomic mass is 10.1. The summed E-state index contributed by atoms with van der Waals surface area (Å²) in [6, 6.07) is 0. The second-order valence-electron chi connectivity index (χ2n) is 1.96. The molecule has 1 rings (SSSR count). The summed E-state index contributed by atoms with van der Waals surface area (Å²) >= 11 is 5.08. The molecule has 0 radical (unpaired) electrons. The van der Waals surface area contributed by atoms with Gasteiger partial charge in [-0.25, -0.2) is 0 Å². The summed E-state index contributed by atoms with van der Waals surface area (Å²) in [6.45, 7) is 0. The van der Waals surface area contributed by atoms with E-state index in [1.165, 1.54) is 12.2 Å². The number of hydrogen-bond acceptors (Lipinski definition) is 1. The molecule has 0 aliphatic carbocycles. The minimum atomic E-state index is 0.238. The van der Waals surface area contributed by atoms with E-state index in [2.05, 4.69) is 5.92 Å². The van der Waals surface area contributed by atoms with Gasteiger partial charge in [-0.3, -0.25) is 0 Å².